The van der Waals surface area contributed by atoms with Gasteiger partial charge in [-0.1, -0.05) is 13.0 Å². The summed E-state index contributed by atoms with van der Waals surface area (Å²) in [5.41, 5.74) is 3.82. The first-order valence-electron chi connectivity index (χ1n) is 4.99. The molecule has 0 spiro atoms. The number of aromatic nitrogens is 2. The van der Waals surface area contributed by atoms with Gasteiger partial charge in [-0.3, -0.25) is 0 Å². The van der Waals surface area contributed by atoms with Crippen LogP contribution in [-0.2, 0) is 6.42 Å². The fraction of sp³-hybridized carbons (Fsp3) is 0.167. The second-order valence-electron chi connectivity index (χ2n) is 3.52. The van der Waals surface area contributed by atoms with Crippen LogP contribution in [0.5, 0.6) is 0 Å². The lowest BCUT2D eigenvalue weighted by Gasteiger charge is -1.94. The number of aryl methyl sites for hydroxylation is 1. The van der Waals surface area contributed by atoms with Crippen LogP contribution >= 0.6 is 0 Å². The van der Waals surface area contributed by atoms with Gasteiger partial charge < -0.3 is 4.42 Å². The quantitative estimate of drug-likeness (QED) is 0.603. The molecule has 2 heterocycles. The standard InChI is InChI=1S/C12H10N2O/c1-2-8-3-4-10-9(5-8)12-11(15-10)6-13-7-14-12/h3-7H,2H2,1H3. The zero-order valence-electron chi connectivity index (χ0n) is 8.40. The van der Waals surface area contributed by atoms with E-state index in [1.807, 2.05) is 6.07 Å². The van der Waals surface area contributed by atoms with E-state index >= 15 is 0 Å². The van der Waals surface area contributed by atoms with Crippen molar-refractivity contribution in [2.75, 3.05) is 0 Å². The normalized spacial score (nSPS) is 11.3. The molecule has 0 N–H and O–H groups in total. The van der Waals surface area contributed by atoms with Crippen molar-refractivity contribution in [2.24, 2.45) is 0 Å². The van der Waals surface area contributed by atoms with E-state index in [4.69, 9.17) is 4.42 Å². The summed E-state index contributed by atoms with van der Waals surface area (Å²) in [5.74, 6) is 0. The monoisotopic (exact) mass is 198 g/mol. The molecule has 0 fully saturated rings. The first-order chi connectivity index (χ1) is 7.38. The van der Waals surface area contributed by atoms with Crippen molar-refractivity contribution in [3.8, 4) is 0 Å². The van der Waals surface area contributed by atoms with Crippen LogP contribution < -0.4 is 0 Å². The van der Waals surface area contributed by atoms with E-state index in [9.17, 15) is 0 Å². The van der Waals surface area contributed by atoms with Crippen LogP contribution in [0.25, 0.3) is 22.1 Å². The van der Waals surface area contributed by atoms with Crippen molar-refractivity contribution in [2.45, 2.75) is 13.3 Å². The fourth-order valence-corrected chi connectivity index (χ4v) is 1.78. The minimum Gasteiger partial charge on any atom is -0.453 e. The summed E-state index contributed by atoms with van der Waals surface area (Å²) in [5, 5.41) is 1.08. The van der Waals surface area contributed by atoms with Gasteiger partial charge >= 0.3 is 0 Å². The second-order valence-corrected chi connectivity index (χ2v) is 3.52. The fourth-order valence-electron chi connectivity index (χ4n) is 1.78. The highest BCUT2D eigenvalue weighted by Gasteiger charge is 2.07. The predicted octanol–water partition coefficient (Wildman–Crippen LogP) is 2.94. The van der Waals surface area contributed by atoms with E-state index in [0.717, 1.165) is 28.5 Å². The van der Waals surface area contributed by atoms with Crippen molar-refractivity contribution >= 4 is 22.1 Å². The summed E-state index contributed by atoms with van der Waals surface area (Å²) in [6.45, 7) is 2.14. The number of rotatable bonds is 1. The van der Waals surface area contributed by atoms with Gasteiger partial charge in [-0.15, -0.1) is 0 Å². The lowest BCUT2D eigenvalue weighted by atomic mass is 10.1. The average molecular weight is 198 g/mol. The molecule has 0 amide bonds. The zero-order chi connectivity index (χ0) is 10.3. The highest BCUT2D eigenvalue weighted by Crippen LogP contribution is 2.26. The third-order valence-electron chi connectivity index (χ3n) is 2.61. The molecule has 3 rings (SSSR count). The number of fused-ring (bicyclic) bond motifs is 3. The molecule has 15 heavy (non-hydrogen) atoms. The van der Waals surface area contributed by atoms with E-state index in [-0.39, 0.29) is 0 Å². The van der Waals surface area contributed by atoms with Crippen molar-refractivity contribution < 1.29 is 4.42 Å². The predicted molar refractivity (Wildman–Crippen MR) is 58.7 cm³/mol. The van der Waals surface area contributed by atoms with Crippen molar-refractivity contribution in [3.63, 3.8) is 0 Å². The second kappa shape index (κ2) is 3.05. The van der Waals surface area contributed by atoms with E-state index in [1.165, 1.54) is 5.56 Å². The summed E-state index contributed by atoms with van der Waals surface area (Å²) in [6, 6.07) is 6.21. The van der Waals surface area contributed by atoms with Crippen LogP contribution in [0.15, 0.2) is 35.1 Å². The molecule has 0 saturated carbocycles. The molecule has 0 saturated heterocycles. The maximum atomic E-state index is 5.63. The third kappa shape index (κ3) is 1.20. The molecule has 0 bridgehead atoms. The molecule has 2 aromatic heterocycles. The van der Waals surface area contributed by atoms with Gasteiger partial charge in [0.1, 0.15) is 17.4 Å². The van der Waals surface area contributed by atoms with Crippen LogP contribution in [-0.4, -0.2) is 9.97 Å². The molecular weight excluding hydrogens is 188 g/mol. The van der Waals surface area contributed by atoms with Crippen molar-refractivity contribution in [1.29, 1.82) is 0 Å². The number of hydrogen-bond donors (Lipinski definition) is 0. The number of nitrogens with zero attached hydrogens (tertiary/aromatic N) is 2. The Kier molecular flexibility index (Phi) is 1.71. The lowest BCUT2D eigenvalue weighted by molar-refractivity contribution is 0.665. The van der Waals surface area contributed by atoms with Gasteiger partial charge in [-0.2, -0.15) is 0 Å². The van der Waals surface area contributed by atoms with Crippen LogP contribution in [0.3, 0.4) is 0 Å². The van der Waals surface area contributed by atoms with Crippen molar-refractivity contribution in [3.05, 3.63) is 36.3 Å². The minimum absolute atomic E-state index is 0.751. The Hall–Kier alpha value is -1.90. The highest BCUT2D eigenvalue weighted by atomic mass is 16.3. The number of benzene rings is 1. The molecule has 0 unspecified atom stereocenters. The smallest absolute Gasteiger partial charge is 0.172 e. The van der Waals surface area contributed by atoms with Gasteiger partial charge in [-0.25, -0.2) is 9.97 Å². The molecule has 0 radical (unpaired) electrons. The van der Waals surface area contributed by atoms with Gasteiger partial charge in [0.25, 0.3) is 0 Å². The Morgan fingerprint density at radius 2 is 2.20 bits per heavy atom. The molecule has 74 valence electrons. The Morgan fingerprint density at radius 1 is 1.27 bits per heavy atom. The van der Waals surface area contributed by atoms with E-state index in [0.29, 0.717) is 0 Å². The van der Waals surface area contributed by atoms with Crippen LogP contribution in [0.2, 0.25) is 0 Å². The molecule has 0 aliphatic carbocycles. The van der Waals surface area contributed by atoms with Crippen LogP contribution in [0, 0.1) is 0 Å². The molecular formula is C12H10N2O. The summed E-state index contributed by atoms with van der Waals surface area (Å²) in [6.07, 6.45) is 4.28. The van der Waals surface area contributed by atoms with Gasteiger partial charge in [-0.05, 0) is 24.1 Å². The third-order valence-corrected chi connectivity index (χ3v) is 2.61. The van der Waals surface area contributed by atoms with E-state index < -0.39 is 0 Å². The van der Waals surface area contributed by atoms with Gasteiger partial charge in [0.15, 0.2) is 5.58 Å². The molecule has 0 aliphatic heterocycles. The molecule has 1 aromatic carbocycles. The molecule has 3 nitrogen and oxygen atoms in total. The van der Waals surface area contributed by atoms with Gasteiger partial charge in [0, 0.05) is 5.39 Å². The molecule has 0 aliphatic rings. The van der Waals surface area contributed by atoms with Gasteiger partial charge in [0.05, 0.1) is 6.20 Å². The topological polar surface area (TPSA) is 38.9 Å². The summed E-state index contributed by atoms with van der Waals surface area (Å²) in [7, 11) is 0. The molecule has 3 aromatic rings. The minimum atomic E-state index is 0.751. The Balaban J connectivity index is 2.46. The highest BCUT2D eigenvalue weighted by molar-refractivity contribution is 6.02. The molecule has 0 atom stereocenters. The Labute approximate surface area is 86.8 Å². The van der Waals surface area contributed by atoms with Gasteiger partial charge in [0.2, 0.25) is 0 Å². The van der Waals surface area contributed by atoms with Crippen LogP contribution in [0.4, 0.5) is 0 Å². The largest absolute Gasteiger partial charge is 0.453 e. The first kappa shape index (κ1) is 8.41. The van der Waals surface area contributed by atoms with E-state index in [1.54, 1.807) is 12.5 Å². The Morgan fingerprint density at radius 3 is 3.07 bits per heavy atom. The average Bonchev–Trinajstić information content (AvgIpc) is 2.66. The number of hydrogen-bond acceptors (Lipinski definition) is 3. The van der Waals surface area contributed by atoms with E-state index in [2.05, 4.69) is 29.0 Å². The first-order valence-corrected chi connectivity index (χ1v) is 4.99. The molecule has 3 heteroatoms. The lowest BCUT2D eigenvalue weighted by Crippen LogP contribution is -1.79. The van der Waals surface area contributed by atoms with Crippen LogP contribution in [0.1, 0.15) is 12.5 Å². The summed E-state index contributed by atoms with van der Waals surface area (Å²) < 4.78 is 5.63. The zero-order valence-corrected chi connectivity index (χ0v) is 8.40. The summed E-state index contributed by atoms with van der Waals surface area (Å²) in [4.78, 5) is 8.19. The maximum Gasteiger partial charge on any atom is 0.172 e. The Bertz CT molecular complexity index is 628. The summed E-state index contributed by atoms with van der Waals surface area (Å²) >= 11 is 0. The number of furan rings is 1. The van der Waals surface area contributed by atoms with Crippen molar-refractivity contribution in [1.82, 2.24) is 9.97 Å². The SMILES string of the molecule is CCc1ccc2oc3cncnc3c2c1. The maximum absolute atomic E-state index is 5.63.